The number of carbonyl (C=O) groups excluding carboxylic acids is 2. The Morgan fingerprint density at radius 2 is 2.33 bits per heavy atom. The summed E-state index contributed by atoms with van der Waals surface area (Å²) >= 11 is 0. The van der Waals surface area contributed by atoms with E-state index in [1.165, 1.54) is 12.3 Å². The Balaban J connectivity index is 2.45. The number of amides is 1. The van der Waals surface area contributed by atoms with Gasteiger partial charge in [0.1, 0.15) is 11.1 Å². The number of nitrogens with zero attached hydrogens (tertiary/aromatic N) is 2. The van der Waals surface area contributed by atoms with E-state index in [2.05, 4.69) is 15.6 Å². The second kappa shape index (κ2) is 7.21. The average Bonchev–Trinajstić information content (AvgIpc) is 2.55. The fraction of sp³-hybridized carbons (Fsp3) is 0.500. The fourth-order valence-corrected chi connectivity index (χ4v) is 2.61. The van der Waals surface area contributed by atoms with E-state index in [1.807, 2.05) is 0 Å². The summed E-state index contributed by atoms with van der Waals surface area (Å²) in [6.07, 6.45) is 2.31. The van der Waals surface area contributed by atoms with E-state index >= 15 is 0 Å². The topological polar surface area (TPSA) is 149 Å². The van der Waals surface area contributed by atoms with Crippen molar-refractivity contribution in [2.45, 2.75) is 25.3 Å². The lowest BCUT2D eigenvalue weighted by Gasteiger charge is -2.35. The van der Waals surface area contributed by atoms with E-state index in [0.717, 1.165) is 6.54 Å². The minimum absolute atomic E-state index is 0.0796. The molecule has 1 saturated heterocycles. The summed E-state index contributed by atoms with van der Waals surface area (Å²) in [4.78, 5) is 38.5. The number of esters is 1. The number of nitrogens with one attached hydrogen (secondary N) is 2. The number of aromatic nitrogens is 1. The van der Waals surface area contributed by atoms with E-state index in [4.69, 9.17) is 10.5 Å². The second-order valence-electron chi connectivity index (χ2n) is 5.38. The molecule has 1 unspecified atom stereocenters. The molecule has 2 heterocycles. The molecule has 10 heteroatoms. The van der Waals surface area contributed by atoms with Crippen LogP contribution in [-0.2, 0) is 9.53 Å². The Bertz CT molecular complexity index is 657. The summed E-state index contributed by atoms with van der Waals surface area (Å²) in [5.41, 5.74) is 3.51. The van der Waals surface area contributed by atoms with Crippen LogP contribution in [0.5, 0.6) is 0 Å². The van der Waals surface area contributed by atoms with Crippen molar-refractivity contribution in [2.75, 3.05) is 25.0 Å². The van der Waals surface area contributed by atoms with Gasteiger partial charge in [-0.3, -0.25) is 14.9 Å². The lowest BCUT2D eigenvalue weighted by atomic mass is 9.89. The summed E-state index contributed by atoms with van der Waals surface area (Å²) in [5.74, 6) is -1.66. The zero-order valence-corrected chi connectivity index (χ0v) is 13.2. The van der Waals surface area contributed by atoms with Gasteiger partial charge >= 0.3 is 11.7 Å². The summed E-state index contributed by atoms with van der Waals surface area (Å²) in [7, 11) is 0. The number of hydrogen-bond acceptors (Lipinski definition) is 8. The number of anilines is 1. The van der Waals surface area contributed by atoms with Crippen molar-refractivity contribution in [2.24, 2.45) is 5.73 Å². The molecule has 1 aliphatic heterocycles. The zero-order valence-electron chi connectivity index (χ0n) is 13.2. The van der Waals surface area contributed by atoms with Crippen LogP contribution in [0.2, 0.25) is 0 Å². The molecule has 10 nitrogen and oxygen atoms in total. The number of pyridine rings is 1. The van der Waals surface area contributed by atoms with Gasteiger partial charge in [0.25, 0.3) is 0 Å². The van der Waals surface area contributed by atoms with Gasteiger partial charge in [-0.05, 0) is 32.4 Å². The van der Waals surface area contributed by atoms with Gasteiger partial charge < -0.3 is 21.1 Å². The van der Waals surface area contributed by atoms with Crippen molar-refractivity contribution in [1.29, 1.82) is 0 Å². The van der Waals surface area contributed by atoms with Crippen LogP contribution in [-0.4, -0.2) is 47.0 Å². The van der Waals surface area contributed by atoms with Crippen molar-refractivity contribution in [3.05, 3.63) is 27.9 Å². The Kier molecular flexibility index (Phi) is 5.29. The number of nitro groups is 1. The van der Waals surface area contributed by atoms with Crippen LogP contribution in [0, 0.1) is 10.1 Å². The van der Waals surface area contributed by atoms with Crippen molar-refractivity contribution in [3.8, 4) is 0 Å². The molecule has 0 radical (unpaired) electrons. The van der Waals surface area contributed by atoms with Crippen LogP contribution >= 0.6 is 0 Å². The lowest BCUT2D eigenvalue weighted by molar-refractivity contribution is -0.384. The van der Waals surface area contributed by atoms with Gasteiger partial charge in [0.15, 0.2) is 0 Å². The van der Waals surface area contributed by atoms with E-state index in [-0.39, 0.29) is 24.5 Å². The molecule has 0 spiro atoms. The first kappa shape index (κ1) is 17.6. The van der Waals surface area contributed by atoms with Crippen LogP contribution in [0.25, 0.3) is 0 Å². The van der Waals surface area contributed by atoms with E-state index in [9.17, 15) is 19.7 Å². The van der Waals surface area contributed by atoms with Crippen LogP contribution < -0.4 is 16.4 Å². The van der Waals surface area contributed by atoms with Crippen molar-refractivity contribution < 1.29 is 19.2 Å². The highest BCUT2D eigenvalue weighted by Gasteiger charge is 2.40. The zero-order chi connectivity index (χ0) is 17.7. The smallest absolute Gasteiger partial charge is 0.345 e. The predicted molar refractivity (Wildman–Crippen MR) is 84.5 cm³/mol. The molecule has 4 N–H and O–H groups in total. The maximum atomic E-state index is 11.9. The number of rotatable bonds is 6. The molecule has 0 aliphatic carbocycles. The molecule has 0 bridgehead atoms. The molecule has 130 valence electrons. The van der Waals surface area contributed by atoms with Crippen LogP contribution in [0.1, 0.15) is 30.1 Å². The maximum absolute atomic E-state index is 11.9. The van der Waals surface area contributed by atoms with E-state index in [1.54, 1.807) is 6.92 Å². The van der Waals surface area contributed by atoms with Crippen molar-refractivity contribution in [1.82, 2.24) is 10.3 Å². The van der Waals surface area contributed by atoms with Crippen LogP contribution in [0.3, 0.4) is 0 Å². The molecule has 1 aromatic rings. The molecular formula is C14H19N5O5. The van der Waals surface area contributed by atoms with Crippen LogP contribution in [0.15, 0.2) is 12.3 Å². The summed E-state index contributed by atoms with van der Waals surface area (Å²) in [6.45, 7) is 2.61. The largest absolute Gasteiger partial charge is 0.462 e. The van der Waals surface area contributed by atoms with Gasteiger partial charge in [0, 0.05) is 12.7 Å². The third kappa shape index (κ3) is 3.43. The lowest BCUT2D eigenvalue weighted by Crippen LogP contribution is -2.59. The molecule has 24 heavy (non-hydrogen) atoms. The van der Waals surface area contributed by atoms with Gasteiger partial charge in [-0.1, -0.05) is 0 Å². The minimum Gasteiger partial charge on any atom is -0.462 e. The van der Waals surface area contributed by atoms with E-state index < -0.39 is 28.0 Å². The molecule has 1 aromatic heterocycles. The number of ether oxygens (including phenoxy) is 1. The van der Waals surface area contributed by atoms with Gasteiger partial charge in [0.05, 0.1) is 11.5 Å². The standard InChI is InChI=1S/C14H19N5O5/c1-2-24-12(20)9-4-7-17-11(10(9)19(22)23)18-14(13(15)21)5-3-6-16-8-14/h4,7,16H,2-3,5-6,8H2,1H3,(H2,15,21)(H,17,18). The van der Waals surface area contributed by atoms with Gasteiger partial charge in [-0.15, -0.1) is 0 Å². The molecule has 1 amide bonds. The number of primary amides is 1. The normalized spacial score (nSPS) is 20.2. The first-order chi connectivity index (χ1) is 11.4. The minimum atomic E-state index is -1.21. The first-order valence-electron chi connectivity index (χ1n) is 7.50. The molecule has 0 aromatic carbocycles. The highest BCUT2D eigenvalue weighted by molar-refractivity contribution is 5.97. The Labute approximate surface area is 137 Å². The summed E-state index contributed by atoms with van der Waals surface area (Å²) in [5, 5.41) is 17.3. The Hall–Kier alpha value is -2.75. The monoisotopic (exact) mass is 337 g/mol. The quantitative estimate of drug-likeness (QED) is 0.378. The fourth-order valence-electron chi connectivity index (χ4n) is 2.61. The highest BCUT2D eigenvalue weighted by Crippen LogP contribution is 2.31. The predicted octanol–water partition coefficient (Wildman–Crippen LogP) is 0.186. The number of carbonyl (C=O) groups is 2. The molecule has 1 fully saturated rings. The Morgan fingerprint density at radius 3 is 2.88 bits per heavy atom. The maximum Gasteiger partial charge on any atom is 0.345 e. The average molecular weight is 337 g/mol. The molecule has 1 aliphatic rings. The van der Waals surface area contributed by atoms with Gasteiger partial charge in [0.2, 0.25) is 11.7 Å². The number of nitrogens with two attached hydrogens (primary N) is 1. The highest BCUT2D eigenvalue weighted by atomic mass is 16.6. The number of hydrogen-bond donors (Lipinski definition) is 3. The van der Waals surface area contributed by atoms with Crippen LogP contribution in [0.4, 0.5) is 11.5 Å². The summed E-state index contributed by atoms with van der Waals surface area (Å²) in [6, 6.07) is 1.21. The molecule has 0 saturated carbocycles. The van der Waals surface area contributed by atoms with Crippen molar-refractivity contribution >= 4 is 23.4 Å². The molecule has 2 rings (SSSR count). The Morgan fingerprint density at radius 1 is 1.58 bits per heavy atom. The van der Waals surface area contributed by atoms with Gasteiger partial charge in [-0.25, -0.2) is 9.78 Å². The summed E-state index contributed by atoms with van der Waals surface area (Å²) < 4.78 is 4.83. The SMILES string of the molecule is CCOC(=O)c1ccnc(NC2(C(N)=O)CCCNC2)c1[N+](=O)[O-]. The van der Waals surface area contributed by atoms with Crippen molar-refractivity contribution in [3.63, 3.8) is 0 Å². The number of piperidine rings is 1. The molecular weight excluding hydrogens is 318 g/mol. The first-order valence-corrected chi connectivity index (χ1v) is 7.50. The molecule has 1 atom stereocenters. The third-order valence-corrected chi connectivity index (χ3v) is 3.82. The third-order valence-electron chi connectivity index (χ3n) is 3.82. The second-order valence-corrected chi connectivity index (χ2v) is 5.38. The van der Waals surface area contributed by atoms with Gasteiger partial charge in [-0.2, -0.15) is 0 Å². The van der Waals surface area contributed by atoms with E-state index in [0.29, 0.717) is 12.8 Å².